The van der Waals surface area contributed by atoms with Crippen molar-refractivity contribution in [3.8, 4) is 0 Å². The highest BCUT2D eigenvalue weighted by Gasteiger charge is 2.34. The monoisotopic (exact) mass is 442 g/mol. The quantitative estimate of drug-likeness (QED) is 0.439. The Hall–Kier alpha value is -3.34. The zero-order valence-electron chi connectivity index (χ0n) is 18.4. The molecule has 0 spiro atoms. The summed E-state index contributed by atoms with van der Waals surface area (Å²) in [6.07, 6.45) is 3.62. The van der Waals surface area contributed by atoms with Gasteiger partial charge in [0.2, 0.25) is 11.8 Å². The van der Waals surface area contributed by atoms with Gasteiger partial charge in [-0.1, -0.05) is 17.7 Å². The molecular weight excluding hydrogens is 412 g/mol. The Morgan fingerprint density at radius 2 is 2.12 bits per heavy atom. The maximum absolute atomic E-state index is 13.1. The van der Waals surface area contributed by atoms with Crippen LogP contribution in [0.1, 0.15) is 61.1 Å². The minimum atomic E-state index is -0.730. The molecule has 2 aromatic rings. The first-order chi connectivity index (χ1) is 15.4. The molecule has 0 bridgehead atoms. The summed E-state index contributed by atoms with van der Waals surface area (Å²) in [5.41, 5.74) is 6.61. The number of aromatic amines is 1. The van der Waals surface area contributed by atoms with Crippen LogP contribution in [-0.2, 0) is 9.59 Å². The highest BCUT2D eigenvalue weighted by Crippen LogP contribution is 2.32. The largest absolute Gasteiger partial charge is 0.351 e. The Kier molecular flexibility index (Phi) is 7.87. The van der Waals surface area contributed by atoms with Crippen molar-refractivity contribution in [1.82, 2.24) is 31.3 Å². The number of carbonyl (C=O) groups excluding carboxylic acids is 3. The minimum absolute atomic E-state index is 0.0117. The summed E-state index contributed by atoms with van der Waals surface area (Å²) >= 11 is 0. The summed E-state index contributed by atoms with van der Waals surface area (Å²) in [7, 11) is 1.64. The van der Waals surface area contributed by atoms with Crippen LogP contribution < -0.4 is 21.3 Å². The summed E-state index contributed by atoms with van der Waals surface area (Å²) in [5, 5.41) is 20.1. The number of nitrogens with zero attached hydrogens (tertiary/aromatic N) is 4. The van der Waals surface area contributed by atoms with Gasteiger partial charge in [-0.05, 0) is 50.4 Å². The minimum Gasteiger partial charge on any atom is -0.351 e. The summed E-state index contributed by atoms with van der Waals surface area (Å²) in [6.45, 7) is 1.86. The molecule has 11 heteroatoms. The Morgan fingerprint density at radius 3 is 2.81 bits per heavy atom. The van der Waals surface area contributed by atoms with E-state index in [0.29, 0.717) is 36.5 Å². The molecule has 1 fully saturated rings. The van der Waals surface area contributed by atoms with Gasteiger partial charge in [0.25, 0.3) is 5.91 Å². The fourth-order valence-electron chi connectivity index (χ4n) is 3.92. The van der Waals surface area contributed by atoms with Gasteiger partial charge in [0.05, 0.1) is 0 Å². The van der Waals surface area contributed by atoms with E-state index in [2.05, 4.69) is 31.3 Å². The highest BCUT2D eigenvalue weighted by molar-refractivity contribution is 5.99. The molecule has 172 valence electrons. The van der Waals surface area contributed by atoms with Gasteiger partial charge < -0.3 is 21.3 Å². The number of anilines is 1. The van der Waals surface area contributed by atoms with Gasteiger partial charge in [-0.3, -0.25) is 14.4 Å². The number of aromatic nitrogens is 4. The number of amides is 3. The van der Waals surface area contributed by atoms with Gasteiger partial charge in [0, 0.05) is 37.2 Å². The van der Waals surface area contributed by atoms with Crippen molar-refractivity contribution >= 4 is 23.4 Å². The second-order valence-corrected chi connectivity index (χ2v) is 8.01. The zero-order chi connectivity index (χ0) is 23.1. The van der Waals surface area contributed by atoms with Crippen molar-refractivity contribution in [2.24, 2.45) is 5.73 Å². The molecule has 3 amide bonds. The highest BCUT2D eigenvalue weighted by atomic mass is 16.2. The molecule has 32 heavy (non-hydrogen) atoms. The second kappa shape index (κ2) is 10.8. The van der Waals surface area contributed by atoms with Gasteiger partial charge in [-0.2, -0.15) is 5.21 Å². The number of benzene rings is 1. The first kappa shape index (κ1) is 23.3. The van der Waals surface area contributed by atoms with Crippen molar-refractivity contribution in [3.63, 3.8) is 0 Å². The molecule has 11 nitrogen and oxygen atoms in total. The standard InChI is InChI=1S/C21H30N8O3/c1-13(30)29(2)15-7-3-6-14(12-15)20(31)24-18(10-5-11-22)21(32)23-17-9-4-8-16(17)19-25-27-28-26-19/h3,6-7,12,16-18H,4-5,8-11,22H2,1-2H3,(H,23,32)(H,24,31)(H,25,26,27,28)/t16-,17+,18+/m1/s1. The van der Waals surface area contributed by atoms with Crippen molar-refractivity contribution in [1.29, 1.82) is 0 Å². The summed E-state index contributed by atoms with van der Waals surface area (Å²) in [4.78, 5) is 39.1. The maximum Gasteiger partial charge on any atom is 0.252 e. The lowest BCUT2D eigenvalue weighted by atomic mass is 10.0. The first-order valence-corrected chi connectivity index (χ1v) is 10.8. The van der Waals surface area contributed by atoms with Crippen molar-refractivity contribution in [2.45, 2.75) is 57.0 Å². The number of hydrogen-bond donors (Lipinski definition) is 4. The topological polar surface area (TPSA) is 159 Å². The second-order valence-electron chi connectivity index (χ2n) is 8.01. The molecule has 1 aromatic heterocycles. The average Bonchev–Trinajstić information content (AvgIpc) is 3.47. The lowest BCUT2D eigenvalue weighted by molar-refractivity contribution is -0.124. The fourth-order valence-corrected chi connectivity index (χ4v) is 3.92. The SMILES string of the molecule is CC(=O)N(C)c1cccc(C(=O)N[C@@H](CCCN)C(=O)N[C@H]2CCC[C@H]2c2nn[nH]n2)c1. The molecule has 0 aliphatic heterocycles. The smallest absolute Gasteiger partial charge is 0.252 e. The number of carbonyl (C=O) groups is 3. The number of nitrogens with one attached hydrogen (secondary N) is 3. The molecule has 1 aliphatic rings. The van der Waals surface area contributed by atoms with Crippen LogP contribution in [0.25, 0.3) is 0 Å². The molecule has 1 aromatic carbocycles. The van der Waals surface area contributed by atoms with Crippen molar-refractivity contribution < 1.29 is 14.4 Å². The predicted octanol–water partition coefficient (Wildman–Crippen LogP) is 0.472. The number of H-pyrrole nitrogens is 1. The van der Waals surface area contributed by atoms with E-state index in [4.69, 9.17) is 5.73 Å². The fraction of sp³-hybridized carbons (Fsp3) is 0.524. The van der Waals surface area contributed by atoms with Crippen LogP contribution in [0.4, 0.5) is 5.69 Å². The summed E-state index contributed by atoms with van der Waals surface area (Å²) in [6, 6.07) is 5.87. The summed E-state index contributed by atoms with van der Waals surface area (Å²) < 4.78 is 0. The van der Waals surface area contributed by atoms with Gasteiger partial charge in [0.1, 0.15) is 6.04 Å². The van der Waals surface area contributed by atoms with E-state index in [0.717, 1.165) is 19.3 Å². The van der Waals surface area contributed by atoms with Gasteiger partial charge in [0.15, 0.2) is 5.82 Å². The van der Waals surface area contributed by atoms with E-state index in [1.807, 2.05) is 0 Å². The molecule has 1 heterocycles. The van der Waals surface area contributed by atoms with Crippen LogP contribution in [0.5, 0.6) is 0 Å². The lowest BCUT2D eigenvalue weighted by Gasteiger charge is -2.24. The maximum atomic E-state index is 13.1. The molecule has 0 radical (unpaired) electrons. The van der Waals surface area contributed by atoms with E-state index < -0.39 is 6.04 Å². The Bertz CT molecular complexity index is 933. The third kappa shape index (κ3) is 5.67. The van der Waals surface area contributed by atoms with E-state index in [1.54, 1.807) is 31.3 Å². The van der Waals surface area contributed by atoms with E-state index in [1.165, 1.54) is 11.8 Å². The van der Waals surface area contributed by atoms with Crippen LogP contribution in [0.2, 0.25) is 0 Å². The van der Waals surface area contributed by atoms with Crippen molar-refractivity contribution in [3.05, 3.63) is 35.7 Å². The first-order valence-electron chi connectivity index (χ1n) is 10.8. The molecule has 0 saturated heterocycles. The third-order valence-corrected chi connectivity index (χ3v) is 5.82. The van der Waals surface area contributed by atoms with Gasteiger partial charge in [-0.25, -0.2) is 0 Å². The normalized spacial score (nSPS) is 18.7. The summed E-state index contributed by atoms with van der Waals surface area (Å²) in [5.74, 6) is -0.217. The van der Waals surface area contributed by atoms with Crippen LogP contribution in [0, 0.1) is 0 Å². The molecular formula is C21H30N8O3. The van der Waals surface area contributed by atoms with Crippen LogP contribution >= 0.6 is 0 Å². The Morgan fingerprint density at radius 1 is 1.31 bits per heavy atom. The van der Waals surface area contributed by atoms with Crippen LogP contribution in [-0.4, -0.2) is 64.0 Å². The Labute approximate surface area is 186 Å². The van der Waals surface area contributed by atoms with Crippen molar-refractivity contribution in [2.75, 3.05) is 18.5 Å². The Balaban J connectivity index is 1.69. The molecule has 0 unspecified atom stereocenters. The number of nitrogens with two attached hydrogens (primary N) is 1. The molecule has 3 atom stereocenters. The van der Waals surface area contributed by atoms with Gasteiger partial charge >= 0.3 is 0 Å². The van der Waals surface area contributed by atoms with Gasteiger partial charge in [-0.15, -0.1) is 10.2 Å². The number of rotatable bonds is 9. The van der Waals surface area contributed by atoms with Crippen LogP contribution in [0.15, 0.2) is 24.3 Å². The average molecular weight is 443 g/mol. The predicted molar refractivity (Wildman–Crippen MR) is 118 cm³/mol. The third-order valence-electron chi connectivity index (χ3n) is 5.82. The molecule has 1 aliphatic carbocycles. The van der Waals surface area contributed by atoms with E-state index in [-0.39, 0.29) is 29.7 Å². The molecule has 3 rings (SSSR count). The molecule has 5 N–H and O–H groups in total. The van der Waals surface area contributed by atoms with E-state index in [9.17, 15) is 14.4 Å². The van der Waals surface area contributed by atoms with Crippen LogP contribution in [0.3, 0.4) is 0 Å². The van der Waals surface area contributed by atoms with E-state index >= 15 is 0 Å². The lowest BCUT2D eigenvalue weighted by Crippen LogP contribution is -2.50. The number of tetrazole rings is 1. The number of hydrogen-bond acceptors (Lipinski definition) is 7. The molecule has 1 saturated carbocycles. The zero-order valence-corrected chi connectivity index (χ0v) is 18.4.